The number of nitrogens with zero attached hydrogens (tertiary/aromatic N) is 1. The molecule has 5 rings (SSSR count). The largest absolute Gasteiger partial charge is 0.454 e. The first kappa shape index (κ1) is 15.0. The molecule has 1 aromatic heterocycles. The van der Waals surface area contributed by atoms with Gasteiger partial charge in [0.25, 0.3) is 0 Å². The number of hydrogen-bond donors (Lipinski definition) is 2. The highest BCUT2D eigenvalue weighted by atomic mass is 32.1. The third-order valence-corrected chi connectivity index (χ3v) is 6.54. The molecular formula is C18H19N3O3S. The van der Waals surface area contributed by atoms with Gasteiger partial charge in [-0.2, -0.15) is 0 Å². The second kappa shape index (κ2) is 5.62. The lowest BCUT2D eigenvalue weighted by atomic mass is 9.96. The van der Waals surface area contributed by atoms with Gasteiger partial charge >= 0.3 is 0 Å². The molecule has 2 saturated carbocycles. The van der Waals surface area contributed by atoms with Gasteiger partial charge in [0.05, 0.1) is 0 Å². The molecule has 3 atom stereocenters. The molecule has 130 valence electrons. The molecule has 0 saturated heterocycles. The van der Waals surface area contributed by atoms with Gasteiger partial charge in [0.1, 0.15) is 10.7 Å². The molecule has 2 bridgehead atoms. The molecule has 2 unspecified atom stereocenters. The quantitative estimate of drug-likeness (QED) is 0.817. The van der Waals surface area contributed by atoms with Gasteiger partial charge in [-0.15, -0.1) is 0 Å². The number of fused-ring (bicyclic) bond motifs is 3. The summed E-state index contributed by atoms with van der Waals surface area (Å²) >= 11 is 1.34. The highest BCUT2D eigenvalue weighted by Gasteiger charge is 2.39. The van der Waals surface area contributed by atoms with E-state index in [2.05, 4.69) is 10.3 Å². The van der Waals surface area contributed by atoms with Gasteiger partial charge in [-0.3, -0.25) is 4.79 Å². The van der Waals surface area contributed by atoms with Crippen molar-refractivity contribution in [2.24, 2.45) is 11.8 Å². The van der Waals surface area contributed by atoms with Gasteiger partial charge in [0, 0.05) is 11.6 Å². The van der Waals surface area contributed by atoms with E-state index >= 15 is 0 Å². The van der Waals surface area contributed by atoms with Crippen LogP contribution >= 0.6 is 11.3 Å². The van der Waals surface area contributed by atoms with Crippen LogP contribution in [-0.2, 0) is 0 Å². The normalized spacial score (nSPS) is 26.2. The van der Waals surface area contributed by atoms with Crippen LogP contribution in [0, 0.1) is 11.8 Å². The summed E-state index contributed by atoms with van der Waals surface area (Å²) in [5, 5.41) is 4.26. The van der Waals surface area contributed by atoms with E-state index in [0.717, 1.165) is 17.0 Å². The summed E-state index contributed by atoms with van der Waals surface area (Å²) in [4.78, 5) is 17.7. The number of anilines is 2. The van der Waals surface area contributed by atoms with Crippen molar-refractivity contribution < 1.29 is 14.3 Å². The molecule has 3 N–H and O–H groups in total. The Balaban J connectivity index is 1.37. The lowest BCUT2D eigenvalue weighted by Gasteiger charge is -2.22. The zero-order valence-electron chi connectivity index (χ0n) is 13.7. The molecule has 3 aliphatic rings. The Bertz CT molecular complexity index is 850. The first-order chi connectivity index (χ1) is 12.2. The summed E-state index contributed by atoms with van der Waals surface area (Å²) < 4.78 is 10.6. The number of carbonyl (C=O) groups is 1. The first-order valence-electron chi connectivity index (χ1n) is 8.64. The van der Waals surface area contributed by atoms with Crippen molar-refractivity contribution in [3.05, 3.63) is 28.6 Å². The number of carbonyl (C=O) groups excluding carboxylic acids is 1. The van der Waals surface area contributed by atoms with Crippen LogP contribution < -0.4 is 20.5 Å². The number of ether oxygens (including phenoxy) is 2. The average molecular weight is 357 g/mol. The SMILES string of the molecule is Nc1nc(N[C@H]2CC3CCC2C3)sc1C(=O)c1ccc2c(c1)OCO2. The first-order valence-corrected chi connectivity index (χ1v) is 9.46. The number of nitrogens with two attached hydrogens (primary N) is 1. The number of benzene rings is 1. The average Bonchev–Trinajstić information content (AvgIpc) is 3.37. The molecule has 1 aliphatic heterocycles. The van der Waals surface area contributed by atoms with Crippen molar-refractivity contribution in [3.63, 3.8) is 0 Å². The zero-order chi connectivity index (χ0) is 17.0. The van der Waals surface area contributed by atoms with Gasteiger partial charge in [-0.05, 0) is 49.3 Å². The van der Waals surface area contributed by atoms with E-state index in [0.29, 0.717) is 33.8 Å². The van der Waals surface area contributed by atoms with Crippen molar-refractivity contribution in [1.82, 2.24) is 4.98 Å². The van der Waals surface area contributed by atoms with Crippen LogP contribution in [0.2, 0.25) is 0 Å². The van der Waals surface area contributed by atoms with E-state index < -0.39 is 0 Å². The minimum Gasteiger partial charge on any atom is -0.454 e. The van der Waals surface area contributed by atoms with Gasteiger partial charge in [0.15, 0.2) is 16.6 Å². The minimum atomic E-state index is -0.130. The van der Waals surface area contributed by atoms with E-state index in [9.17, 15) is 4.79 Å². The lowest BCUT2D eigenvalue weighted by molar-refractivity contribution is 0.104. The second-order valence-electron chi connectivity index (χ2n) is 7.06. The molecule has 6 nitrogen and oxygen atoms in total. The molecule has 0 spiro atoms. The van der Waals surface area contributed by atoms with Crippen molar-refractivity contribution in [1.29, 1.82) is 0 Å². The molecular weight excluding hydrogens is 338 g/mol. The van der Waals surface area contributed by atoms with E-state index in [4.69, 9.17) is 15.2 Å². The maximum atomic E-state index is 12.8. The number of rotatable bonds is 4. The molecule has 2 aromatic rings. The highest BCUT2D eigenvalue weighted by molar-refractivity contribution is 7.18. The Labute approximate surface area is 149 Å². The topological polar surface area (TPSA) is 86.5 Å². The van der Waals surface area contributed by atoms with Crippen LogP contribution in [0.4, 0.5) is 10.9 Å². The van der Waals surface area contributed by atoms with Crippen LogP contribution in [0.25, 0.3) is 0 Å². The maximum Gasteiger partial charge on any atom is 0.231 e. The summed E-state index contributed by atoms with van der Waals surface area (Å²) in [5.74, 6) is 3.01. The third-order valence-electron chi connectivity index (χ3n) is 5.54. The molecule has 1 aromatic carbocycles. The summed E-state index contributed by atoms with van der Waals surface area (Å²) in [7, 11) is 0. The number of ketones is 1. The standard InChI is InChI=1S/C18H19N3O3S/c19-17-16(15(22)11-3-4-13-14(7-11)24-8-23-13)25-18(21-17)20-12-6-9-1-2-10(12)5-9/h3-4,7,9-10,12H,1-2,5-6,8,19H2,(H,20,21)/t9?,10?,12-/m0/s1. The summed E-state index contributed by atoms with van der Waals surface area (Å²) in [6.45, 7) is 0.188. The number of thiazole rings is 1. The molecule has 7 heteroatoms. The predicted molar refractivity (Wildman–Crippen MR) is 95.4 cm³/mol. The van der Waals surface area contributed by atoms with Crippen molar-refractivity contribution in [3.8, 4) is 11.5 Å². The molecule has 0 radical (unpaired) electrons. The molecule has 2 heterocycles. The Morgan fingerprint density at radius 1 is 1.24 bits per heavy atom. The molecule has 25 heavy (non-hydrogen) atoms. The van der Waals surface area contributed by atoms with Crippen LogP contribution in [0.15, 0.2) is 18.2 Å². The maximum absolute atomic E-state index is 12.8. The number of hydrogen-bond acceptors (Lipinski definition) is 7. The summed E-state index contributed by atoms with van der Waals surface area (Å²) in [6, 6.07) is 5.66. The van der Waals surface area contributed by atoms with Crippen LogP contribution in [0.5, 0.6) is 11.5 Å². The minimum absolute atomic E-state index is 0.130. The van der Waals surface area contributed by atoms with Gasteiger partial charge in [-0.1, -0.05) is 17.8 Å². The Kier molecular flexibility index (Phi) is 3.38. The Morgan fingerprint density at radius 3 is 2.92 bits per heavy atom. The fourth-order valence-electron chi connectivity index (χ4n) is 4.31. The smallest absolute Gasteiger partial charge is 0.231 e. The van der Waals surface area contributed by atoms with Gasteiger partial charge in [0.2, 0.25) is 12.6 Å². The van der Waals surface area contributed by atoms with E-state index in [1.54, 1.807) is 18.2 Å². The second-order valence-corrected chi connectivity index (χ2v) is 8.06. The van der Waals surface area contributed by atoms with Crippen molar-refractivity contribution in [2.45, 2.75) is 31.7 Å². The Morgan fingerprint density at radius 2 is 2.12 bits per heavy atom. The Hall–Kier alpha value is -2.28. The monoisotopic (exact) mass is 357 g/mol. The van der Waals surface area contributed by atoms with Gasteiger partial charge in [-0.25, -0.2) is 4.98 Å². The van der Waals surface area contributed by atoms with E-state index in [1.165, 1.54) is 37.0 Å². The summed E-state index contributed by atoms with van der Waals surface area (Å²) in [6.07, 6.45) is 5.18. The fraction of sp³-hybridized carbons (Fsp3) is 0.444. The number of aromatic nitrogens is 1. The molecule has 2 fully saturated rings. The molecule has 0 amide bonds. The van der Waals surface area contributed by atoms with Crippen LogP contribution in [-0.4, -0.2) is 23.6 Å². The van der Waals surface area contributed by atoms with E-state index in [1.807, 2.05) is 0 Å². The zero-order valence-corrected chi connectivity index (χ0v) is 14.5. The van der Waals surface area contributed by atoms with E-state index in [-0.39, 0.29) is 12.6 Å². The highest BCUT2D eigenvalue weighted by Crippen LogP contribution is 2.46. The third kappa shape index (κ3) is 2.54. The van der Waals surface area contributed by atoms with Crippen molar-refractivity contribution in [2.75, 3.05) is 17.8 Å². The van der Waals surface area contributed by atoms with Crippen molar-refractivity contribution >= 4 is 28.1 Å². The lowest BCUT2D eigenvalue weighted by Crippen LogP contribution is -2.25. The summed E-state index contributed by atoms with van der Waals surface area (Å²) in [5.41, 5.74) is 6.56. The predicted octanol–water partition coefficient (Wildman–Crippen LogP) is 3.29. The number of nitrogens with one attached hydrogen (secondary N) is 1. The molecule has 2 aliphatic carbocycles. The van der Waals surface area contributed by atoms with Crippen LogP contribution in [0.3, 0.4) is 0 Å². The van der Waals surface area contributed by atoms with Gasteiger partial charge < -0.3 is 20.5 Å². The number of nitrogen functional groups attached to an aromatic ring is 1. The fourth-order valence-corrected chi connectivity index (χ4v) is 5.21. The van der Waals surface area contributed by atoms with Crippen LogP contribution in [0.1, 0.15) is 40.9 Å².